The van der Waals surface area contributed by atoms with Crippen molar-refractivity contribution in [3.63, 3.8) is 0 Å². The van der Waals surface area contributed by atoms with Crippen molar-refractivity contribution in [1.82, 2.24) is 0 Å². The number of hydrogen-bond donors (Lipinski definition) is 0. The zero-order valence-corrected chi connectivity index (χ0v) is 21.7. The zero-order chi connectivity index (χ0) is 13.2. The van der Waals surface area contributed by atoms with Gasteiger partial charge in [-0.3, -0.25) is 0 Å². The first kappa shape index (κ1) is 17.4. The molecule has 0 saturated carbocycles. The fraction of sp³-hybridized carbons (Fsp3) is 0.846. The minimum atomic E-state index is 0.394. The van der Waals surface area contributed by atoms with E-state index in [-0.39, 0.29) is 0 Å². The van der Waals surface area contributed by atoms with Gasteiger partial charge in [0.25, 0.3) is 0 Å². The molecule has 4 unspecified atom stereocenters. The Bertz CT molecular complexity index is 332. The predicted molar refractivity (Wildman–Crippen MR) is 96.3 cm³/mol. The fourth-order valence-corrected chi connectivity index (χ4v) is 24.3. The van der Waals surface area contributed by atoms with Crippen LogP contribution in [0.25, 0.3) is 0 Å². The first-order chi connectivity index (χ1) is 9.20. The summed E-state index contributed by atoms with van der Waals surface area (Å²) in [4.78, 5) is 0. The van der Waals surface area contributed by atoms with Gasteiger partial charge in [0.1, 0.15) is 0 Å². The molecule has 0 aliphatic carbocycles. The normalized spacial score (nSPS) is 36.2. The van der Waals surface area contributed by atoms with Gasteiger partial charge < -0.3 is 0 Å². The summed E-state index contributed by atoms with van der Waals surface area (Å²) in [5.41, 5.74) is 0. The number of thioether (sulfide) groups is 2. The second kappa shape index (κ2) is 8.62. The van der Waals surface area contributed by atoms with E-state index in [1.165, 1.54) is 45.1 Å². The SMILES string of the molecule is [Te]=C(CC1CS1)CC1[Te]C[Te]C1CC(=[Te])CC1CS1. The van der Waals surface area contributed by atoms with Crippen LogP contribution < -0.4 is 0 Å². The molecule has 3 fully saturated rings. The van der Waals surface area contributed by atoms with Gasteiger partial charge in [0.05, 0.1) is 0 Å². The second-order valence-corrected chi connectivity index (χ2v) is 21.8. The Morgan fingerprint density at radius 2 is 1.26 bits per heavy atom. The average molecular weight is 749 g/mol. The minimum absolute atomic E-state index is 0.394. The van der Waals surface area contributed by atoms with Crippen molar-refractivity contribution in [3.8, 4) is 0 Å². The molecule has 3 heterocycles. The molecule has 3 saturated heterocycles. The van der Waals surface area contributed by atoms with E-state index in [0.717, 1.165) is 10.5 Å². The molecule has 0 aromatic carbocycles. The summed E-state index contributed by atoms with van der Waals surface area (Å²) in [5.74, 6) is 2.90. The molecule has 3 aliphatic rings. The Morgan fingerprint density at radius 3 is 1.63 bits per heavy atom. The van der Waals surface area contributed by atoms with Crippen LogP contribution >= 0.6 is 23.5 Å². The Labute approximate surface area is 171 Å². The van der Waals surface area contributed by atoms with Crippen molar-refractivity contribution < 1.29 is 0 Å². The Morgan fingerprint density at radius 1 is 0.842 bits per heavy atom. The van der Waals surface area contributed by atoms with Gasteiger partial charge in [-0.1, -0.05) is 0 Å². The predicted octanol–water partition coefficient (Wildman–Crippen LogP) is 1.83. The van der Waals surface area contributed by atoms with Crippen LogP contribution in [0.2, 0.25) is 10.4 Å². The summed E-state index contributed by atoms with van der Waals surface area (Å²) in [7, 11) is 0. The molecule has 0 amide bonds. The number of rotatable bonds is 8. The topological polar surface area (TPSA) is 0 Å². The van der Waals surface area contributed by atoms with Gasteiger partial charge in [0.2, 0.25) is 0 Å². The summed E-state index contributed by atoms with van der Waals surface area (Å²) < 4.78 is 7.89. The molecule has 3 rings (SSSR count). The Kier molecular flexibility index (Phi) is 7.91. The molecule has 0 N–H and O–H groups in total. The van der Waals surface area contributed by atoms with Crippen molar-refractivity contribution in [1.29, 1.82) is 0 Å². The molecule has 0 aromatic rings. The van der Waals surface area contributed by atoms with Crippen LogP contribution in [-0.4, -0.2) is 115 Å². The van der Waals surface area contributed by atoms with Crippen molar-refractivity contribution in [3.05, 3.63) is 0 Å². The van der Waals surface area contributed by atoms with Crippen LogP contribution in [0.15, 0.2) is 0 Å². The molecule has 0 radical (unpaired) electrons. The third-order valence-corrected chi connectivity index (χ3v) is 20.3. The monoisotopic (exact) mass is 758 g/mol. The molecule has 19 heavy (non-hydrogen) atoms. The summed E-state index contributed by atoms with van der Waals surface area (Å²) >= 11 is 9.90. The van der Waals surface area contributed by atoms with Gasteiger partial charge in [-0.2, -0.15) is 0 Å². The third-order valence-electron chi connectivity index (χ3n) is 3.55. The van der Waals surface area contributed by atoms with E-state index in [1.54, 1.807) is 2.52 Å². The van der Waals surface area contributed by atoms with Crippen LogP contribution in [0.5, 0.6) is 0 Å². The van der Waals surface area contributed by atoms with Crippen LogP contribution in [0.1, 0.15) is 25.7 Å². The molecular formula is C13H18S2Te4. The average Bonchev–Trinajstić information content (AvgIpc) is 3.25. The van der Waals surface area contributed by atoms with Crippen LogP contribution in [0, 0.1) is 0 Å². The molecular weight excluding hydrogens is 731 g/mol. The van der Waals surface area contributed by atoms with Crippen molar-refractivity contribution in [2.45, 2.75) is 46.6 Å². The van der Waals surface area contributed by atoms with Crippen molar-refractivity contribution in [2.24, 2.45) is 0 Å². The van der Waals surface area contributed by atoms with E-state index in [0.29, 0.717) is 41.8 Å². The summed E-state index contributed by atoms with van der Waals surface area (Å²) in [5, 5.41) is 2.06. The Balaban J connectivity index is 1.43. The zero-order valence-electron chi connectivity index (χ0n) is 10.7. The van der Waals surface area contributed by atoms with E-state index in [2.05, 4.69) is 67.2 Å². The van der Waals surface area contributed by atoms with E-state index in [4.69, 9.17) is 0 Å². The maximum atomic E-state index is 2.38. The second-order valence-electron chi connectivity index (χ2n) is 5.33. The maximum absolute atomic E-state index is 2.38. The molecule has 0 aromatic heterocycles. The molecule has 6 heteroatoms. The Hall–Kier alpha value is 3.60. The van der Waals surface area contributed by atoms with E-state index in [1.807, 2.05) is 7.10 Å². The van der Waals surface area contributed by atoms with Crippen LogP contribution in [0.3, 0.4) is 0 Å². The van der Waals surface area contributed by atoms with Gasteiger partial charge in [-0.25, -0.2) is 0 Å². The van der Waals surface area contributed by atoms with Gasteiger partial charge in [-0.15, -0.1) is 0 Å². The van der Waals surface area contributed by atoms with Crippen molar-refractivity contribution >= 4 is 116 Å². The molecule has 106 valence electrons. The van der Waals surface area contributed by atoms with E-state index >= 15 is 0 Å². The fourth-order valence-electron chi connectivity index (χ4n) is 2.30. The molecule has 0 bridgehead atoms. The van der Waals surface area contributed by atoms with Crippen LogP contribution in [-0.2, 0) is 0 Å². The van der Waals surface area contributed by atoms with Gasteiger partial charge >= 0.3 is 174 Å². The quantitative estimate of drug-likeness (QED) is 0.275. The summed E-state index contributed by atoms with van der Waals surface area (Å²) in [6, 6.07) is 0. The van der Waals surface area contributed by atoms with Crippen LogP contribution in [0.4, 0.5) is 0 Å². The molecule has 0 nitrogen and oxygen atoms in total. The molecule has 0 spiro atoms. The van der Waals surface area contributed by atoms with Crippen molar-refractivity contribution in [2.75, 3.05) is 11.5 Å². The number of hydrogen-bond acceptors (Lipinski definition) is 2. The molecule has 3 aliphatic heterocycles. The van der Waals surface area contributed by atoms with E-state index < -0.39 is 0 Å². The van der Waals surface area contributed by atoms with Gasteiger partial charge in [-0.05, 0) is 0 Å². The van der Waals surface area contributed by atoms with E-state index in [9.17, 15) is 0 Å². The first-order valence-corrected chi connectivity index (χ1v) is 17.1. The molecule has 4 atom stereocenters. The van der Waals surface area contributed by atoms with Gasteiger partial charge in [0.15, 0.2) is 0 Å². The third kappa shape index (κ3) is 6.55. The summed E-state index contributed by atoms with van der Waals surface area (Å²) in [6.07, 6.45) is 5.97. The first-order valence-electron chi connectivity index (χ1n) is 6.70. The van der Waals surface area contributed by atoms with Gasteiger partial charge in [0, 0.05) is 0 Å². The standard InChI is InChI=1S/C13H18S2Te4/c16-10(1-8-5-14-8)3-12-13(19-7-18-12)4-11(17)2-9-6-15-9/h8-9,12-13H,1-7H2. The summed E-state index contributed by atoms with van der Waals surface area (Å²) in [6.45, 7) is 0.